The molecule has 0 radical (unpaired) electrons. The summed E-state index contributed by atoms with van der Waals surface area (Å²) in [7, 11) is 0. The summed E-state index contributed by atoms with van der Waals surface area (Å²) in [5.74, 6) is 5.79. The van der Waals surface area contributed by atoms with Crippen LogP contribution in [0, 0.1) is 5.92 Å². The van der Waals surface area contributed by atoms with Gasteiger partial charge in [0.25, 0.3) is 0 Å². The van der Waals surface area contributed by atoms with E-state index in [1.807, 2.05) is 30.3 Å². The second-order valence-corrected chi connectivity index (χ2v) is 5.70. The Bertz CT molecular complexity index is 631. The average Bonchev–Trinajstić information content (AvgIpc) is 2.99. The van der Waals surface area contributed by atoms with Crippen molar-refractivity contribution >= 4 is 5.91 Å². The number of nitrogens with one attached hydrogen (secondary N) is 2. The molecule has 1 saturated heterocycles. The van der Waals surface area contributed by atoms with Gasteiger partial charge in [0.15, 0.2) is 0 Å². The fourth-order valence-electron chi connectivity index (χ4n) is 3.09. The molecule has 1 aliphatic heterocycles. The fraction of sp³-hybridized carbons (Fsp3) is 0.353. The summed E-state index contributed by atoms with van der Waals surface area (Å²) in [6.07, 6.45) is 4.93. The van der Waals surface area contributed by atoms with E-state index in [2.05, 4.69) is 10.7 Å². The highest BCUT2D eigenvalue weighted by Gasteiger charge is 2.23. The Morgan fingerprint density at radius 2 is 2.00 bits per heavy atom. The zero-order valence-electron chi connectivity index (χ0n) is 12.5. The lowest BCUT2D eigenvalue weighted by Crippen LogP contribution is -2.30. The minimum absolute atomic E-state index is 0.289. The van der Waals surface area contributed by atoms with E-state index in [1.165, 1.54) is 0 Å². The Hall–Kier alpha value is -2.11. The van der Waals surface area contributed by atoms with Crippen LogP contribution < -0.4 is 16.6 Å². The molecule has 5 heteroatoms. The normalized spacial score (nSPS) is 15.7. The van der Waals surface area contributed by atoms with Crippen LogP contribution in [0.4, 0.5) is 0 Å². The molecule has 116 valence electrons. The Morgan fingerprint density at radius 1 is 1.27 bits per heavy atom. The van der Waals surface area contributed by atoms with Gasteiger partial charge in [-0.25, -0.2) is 5.84 Å². The molecule has 22 heavy (non-hydrogen) atoms. The van der Waals surface area contributed by atoms with Gasteiger partial charge in [-0.15, -0.1) is 0 Å². The van der Waals surface area contributed by atoms with Gasteiger partial charge >= 0.3 is 5.91 Å². The third-order valence-electron chi connectivity index (χ3n) is 4.23. The minimum Gasteiger partial charge on any atom is -0.458 e. The minimum atomic E-state index is -0.393. The molecule has 0 spiro atoms. The lowest BCUT2D eigenvalue weighted by Gasteiger charge is -2.22. The van der Waals surface area contributed by atoms with Crippen molar-refractivity contribution in [2.24, 2.45) is 11.8 Å². The zero-order chi connectivity index (χ0) is 15.4. The van der Waals surface area contributed by atoms with Crippen LogP contribution in [0.2, 0.25) is 0 Å². The Labute approximate surface area is 129 Å². The third-order valence-corrected chi connectivity index (χ3v) is 4.23. The van der Waals surface area contributed by atoms with Crippen molar-refractivity contribution in [3.05, 3.63) is 47.9 Å². The highest BCUT2D eigenvalue weighted by Crippen LogP contribution is 2.32. The van der Waals surface area contributed by atoms with Gasteiger partial charge in [0.1, 0.15) is 0 Å². The van der Waals surface area contributed by atoms with Crippen LogP contribution in [0.3, 0.4) is 0 Å². The van der Waals surface area contributed by atoms with E-state index in [9.17, 15) is 4.79 Å². The van der Waals surface area contributed by atoms with E-state index < -0.39 is 5.91 Å². The first-order chi connectivity index (χ1) is 10.8. The van der Waals surface area contributed by atoms with Crippen molar-refractivity contribution in [2.75, 3.05) is 13.1 Å². The van der Waals surface area contributed by atoms with E-state index in [0.29, 0.717) is 5.92 Å². The van der Waals surface area contributed by atoms with Crippen LogP contribution in [0.5, 0.6) is 0 Å². The predicted octanol–water partition coefficient (Wildman–Crippen LogP) is 2.09. The zero-order valence-corrected chi connectivity index (χ0v) is 12.5. The molecule has 1 aliphatic rings. The molecule has 3 rings (SSSR count). The maximum absolute atomic E-state index is 12.0. The van der Waals surface area contributed by atoms with Crippen LogP contribution in [0.25, 0.3) is 11.1 Å². The highest BCUT2D eigenvalue weighted by atomic mass is 16.3. The number of rotatable bonds is 4. The molecule has 2 heterocycles. The summed E-state index contributed by atoms with van der Waals surface area (Å²) in [5.41, 5.74) is 5.09. The molecular weight excluding hydrogens is 278 g/mol. The number of amides is 1. The number of hydrogen-bond acceptors (Lipinski definition) is 4. The lowest BCUT2D eigenvalue weighted by atomic mass is 9.88. The molecule has 2 aromatic rings. The number of piperidine rings is 1. The van der Waals surface area contributed by atoms with E-state index >= 15 is 0 Å². The first-order valence-electron chi connectivity index (χ1n) is 7.67. The Morgan fingerprint density at radius 3 is 2.68 bits per heavy atom. The molecule has 1 aromatic heterocycles. The van der Waals surface area contributed by atoms with Gasteiger partial charge in [0.05, 0.1) is 6.26 Å². The Kier molecular flexibility index (Phi) is 4.56. The first kappa shape index (κ1) is 14.8. The van der Waals surface area contributed by atoms with Crippen molar-refractivity contribution in [2.45, 2.75) is 19.3 Å². The molecule has 1 fully saturated rings. The summed E-state index contributed by atoms with van der Waals surface area (Å²) in [6, 6.07) is 9.86. The third kappa shape index (κ3) is 3.05. The summed E-state index contributed by atoms with van der Waals surface area (Å²) < 4.78 is 5.54. The molecule has 0 aliphatic carbocycles. The van der Waals surface area contributed by atoms with Gasteiger partial charge in [0.2, 0.25) is 5.76 Å². The number of nitrogen functional groups attached to an aromatic ring is 1. The van der Waals surface area contributed by atoms with Gasteiger partial charge < -0.3 is 9.73 Å². The molecule has 1 aromatic carbocycles. The van der Waals surface area contributed by atoms with Crippen molar-refractivity contribution in [1.82, 2.24) is 10.7 Å². The highest BCUT2D eigenvalue weighted by molar-refractivity contribution is 5.98. The standard InChI is InChI=1S/C17H21N3O2/c18-20-17(21)16-15(13-4-2-1-3-5-13)14(11-22-16)10-12-6-8-19-9-7-12/h1-5,11-12,19H,6-10,18H2,(H,20,21). The molecule has 0 saturated carbocycles. The van der Waals surface area contributed by atoms with Crippen LogP contribution in [0.1, 0.15) is 29.0 Å². The van der Waals surface area contributed by atoms with Gasteiger partial charge in [-0.3, -0.25) is 10.2 Å². The van der Waals surface area contributed by atoms with Crippen LogP contribution in [-0.4, -0.2) is 19.0 Å². The number of carbonyl (C=O) groups is 1. The van der Waals surface area contributed by atoms with E-state index in [1.54, 1.807) is 6.26 Å². The summed E-state index contributed by atoms with van der Waals surface area (Å²) in [5, 5.41) is 3.38. The monoisotopic (exact) mass is 299 g/mol. The van der Waals surface area contributed by atoms with E-state index in [-0.39, 0.29) is 5.76 Å². The topological polar surface area (TPSA) is 80.3 Å². The smallest absolute Gasteiger partial charge is 0.301 e. The summed E-state index contributed by atoms with van der Waals surface area (Å²) in [4.78, 5) is 12.0. The number of furan rings is 1. The molecule has 0 atom stereocenters. The number of hydrogen-bond donors (Lipinski definition) is 3. The van der Waals surface area contributed by atoms with Crippen molar-refractivity contribution in [3.8, 4) is 11.1 Å². The summed E-state index contributed by atoms with van der Waals surface area (Å²) >= 11 is 0. The number of benzene rings is 1. The number of nitrogens with two attached hydrogens (primary N) is 1. The van der Waals surface area contributed by atoms with Crippen LogP contribution >= 0.6 is 0 Å². The van der Waals surface area contributed by atoms with E-state index in [4.69, 9.17) is 10.3 Å². The maximum atomic E-state index is 12.0. The number of carbonyl (C=O) groups excluding carboxylic acids is 1. The molecular formula is C17H21N3O2. The molecule has 5 nitrogen and oxygen atoms in total. The molecule has 0 bridgehead atoms. The second kappa shape index (κ2) is 6.77. The number of hydrazine groups is 1. The molecule has 1 amide bonds. The van der Waals surface area contributed by atoms with Gasteiger partial charge in [-0.05, 0) is 49.4 Å². The second-order valence-electron chi connectivity index (χ2n) is 5.70. The maximum Gasteiger partial charge on any atom is 0.301 e. The van der Waals surface area contributed by atoms with Gasteiger partial charge in [0, 0.05) is 5.56 Å². The SMILES string of the molecule is NNC(=O)c1occ(CC2CCNCC2)c1-c1ccccc1. The predicted molar refractivity (Wildman–Crippen MR) is 85.1 cm³/mol. The summed E-state index contributed by atoms with van der Waals surface area (Å²) in [6.45, 7) is 2.11. The average molecular weight is 299 g/mol. The van der Waals surface area contributed by atoms with Gasteiger partial charge in [-0.2, -0.15) is 0 Å². The van der Waals surface area contributed by atoms with Crippen LogP contribution in [0.15, 0.2) is 41.0 Å². The van der Waals surface area contributed by atoms with Crippen LogP contribution in [-0.2, 0) is 6.42 Å². The lowest BCUT2D eigenvalue weighted by molar-refractivity contribution is 0.0927. The fourth-order valence-corrected chi connectivity index (χ4v) is 3.09. The molecule has 4 N–H and O–H groups in total. The van der Waals surface area contributed by atoms with Crippen molar-refractivity contribution in [1.29, 1.82) is 0 Å². The Balaban J connectivity index is 1.95. The quantitative estimate of drug-likeness (QED) is 0.459. The molecule has 0 unspecified atom stereocenters. The van der Waals surface area contributed by atoms with E-state index in [0.717, 1.165) is 49.0 Å². The van der Waals surface area contributed by atoms with Crippen molar-refractivity contribution in [3.63, 3.8) is 0 Å². The largest absolute Gasteiger partial charge is 0.458 e. The van der Waals surface area contributed by atoms with Crippen molar-refractivity contribution < 1.29 is 9.21 Å². The van der Waals surface area contributed by atoms with Gasteiger partial charge in [-0.1, -0.05) is 30.3 Å². The first-order valence-corrected chi connectivity index (χ1v) is 7.67.